The molecule has 0 saturated carbocycles. The Kier molecular flexibility index (Phi) is 5.66. The van der Waals surface area contributed by atoms with Crippen LogP contribution in [0.25, 0.3) is 16.9 Å². The van der Waals surface area contributed by atoms with E-state index in [2.05, 4.69) is 12.1 Å². The number of carbonyl (C=O) groups excluding carboxylic acids is 1. The summed E-state index contributed by atoms with van der Waals surface area (Å²) in [5.41, 5.74) is 4.91. The van der Waals surface area contributed by atoms with Gasteiger partial charge in [-0.05, 0) is 5.56 Å². The van der Waals surface area contributed by atoms with Crippen molar-refractivity contribution in [1.29, 1.82) is 0 Å². The number of rotatable bonds is 6. The number of aromatic nitrogens is 3. The molecule has 1 fully saturated rings. The van der Waals surface area contributed by atoms with E-state index in [4.69, 9.17) is 24.2 Å². The standard InChI is InChI=1S/C25H23N3O4/c1-17(29)32-25-21(15-23-30-12-13-31-23)27-24-20(14-18-8-4-2-5-9-18)26-22(16-28(24)25)19-10-6-3-7-11-19/h2-11,16,23H,12-15H2,1H3. The first-order valence-electron chi connectivity index (χ1n) is 10.6. The molecule has 32 heavy (non-hydrogen) atoms. The molecule has 0 amide bonds. The van der Waals surface area contributed by atoms with E-state index in [0.29, 0.717) is 43.3 Å². The van der Waals surface area contributed by atoms with Crippen LogP contribution in [-0.2, 0) is 27.1 Å². The second kappa shape index (κ2) is 8.90. The van der Waals surface area contributed by atoms with Crippen molar-refractivity contribution in [3.8, 4) is 17.1 Å². The summed E-state index contributed by atoms with van der Waals surface area (Å²) in [6.07, 6.45) is 2.44. The van der Waals surface area contributed by atoms with Crippen molar-refractivity contribution in [3.63, 3.8) is 0 Å². The average Bonchev–Trinajstić information content (AvgIpc) is 3.44. The van der Waals surface area contributed by atoms with Gasteiger partial charge in [0, 0.05) is 31.5 Å². The third-order valence-corrected chi connectivity index (χ3v) is 5.27. The number of esters is 1. The van der Waals surface area contributed by atoms with Crippen LogP contribution in [0.5, 0.6) is 5.88 Å². The summed E-state index contributed by atoms with van der Waals surface area (Å²) in [4.78, 5) is 21.7. The first-order valence-corrected chi connectivity index (χ1v) is 10.6. The van der Waals surface area contributed by atoms with Crippen LogP contribution >= 0.6 is 0 Å². The molecule has 1 saturated heterocycles. The Hall–Kier alpha value is -3.55. The Morgan fingerprint density at radius 2 is 1.69 bits per heavy atom. The third kappa shape index (κ3) is 4.26. The Morgan fingerprint density at radius 3 is 2.38 bits per heavy atom. The van der Waals surface area contributed by atoms with Gasteiger partial charge in [-0.1, -0.05) is 60.7 Å². The maximum Gasteiger partial charge on any atom is 0.309 e. The van der Waals surface area contributed by atoms with Crippen LogP contribution in [0.3, 0.4) is 0 Å². The number of ether oxygens (including phenoxy) is 3. The summed E-state index contributed by atoms with van der Waals surface area (Å²) in [5.74, 6) is -0.0375. The van der Waals surface area contributed by atoms with E-state index >= 15 is 0 Å². The van der Waals surface area contributed by atoms with Gasteiger partial charge in [0.05, 0.1) is 24.6 Å². The largest absolute Gasteiger partial charge is 0.407 e. The third-order valence-electron chi connectivity index (χ3n) is 5.27. The van der Waals surface area contributed by atoms with Gasteiger partial charge < -0.3 is 14.2 Å². The second-order valence-corrected chi connectivity index (χ2v) is 7.63. The van der Waals surface area contributed by atoms with Crippen molar-refractivity contribution >= 4 is 11.6 Å². The zero-order chi connectivity index (χ0) is 21.9. The molecule has 162 valence electrons. The molecule has 5 rings (SSSR count). The summed E-state index contributed by atoms with van der Waals surface area (Å²) < 4.78 is 18.7. The molecule has 0 radical (unpaired) electrons. The molecule has 0 aliphatic carbocycles. The van der Waals surface area contributed by atoms with Gasteiger partial charge in [0.1, 0.15) is 5.69 Å². The van der Waals surface area contributed by atoms with Gasteiger partial charge in [-0.15, -0.1) is 0 Å². The highest BCUT2D eigenvalue weighted by Gasteiger charge is 2.25. The van der Waals surface area contributed by atoms with Gasteiger partial charge in [0.15, 0.2) is 11.9 Å². The summed E-state index contributed by atoms with van der Waals surface area (Å²) in [5, 5.41) is 0. The number of fused-ring (bicyclic) bond motifs is 1. The molecule has 0 atom stereocenters. The average molecular weight is 429 g/mol. The van der Waals surface area contributed by atoms with E-state index in [0.717, 1.165) is 22.5 Å². The highest BCUT2D eigenvalue weighted by molar-refractivity contribution is 5.70. The highest BCUT2D eigenvalue weighted by Crippen LogP contribution is 2.29. The topological polar surface area (TPSA) is 75.0 Å². The molecule has 1 aliphatic heterocycles. The molecule has 0 N–H and O–H groups in total. The Balaban J connectivity index is 1.68. The fraction of sp³-hybridized carbons (Fsp3) is 0.240. The molecule has 0 bridgehead atoms. The fourth-order valence-electron chi connectivity index (χ4n) is 3.85. The smallest absolute Gasteiger partial charge is 0.309 e. The lowest BCUT2D eigenvalue weighted by Crippen LogP contribution is -2.13. The van der Waals surface area contributed by atoms with Crippen LogP contribution in [0.4, 0.5) is 0 Å². The van der Waals surface area contributed by atoms with Crippen molar-refractivity contribution in [3.05, 3.63) is 83.8 Å². The Labute approximate surface area is 185 Å². The first kappa shape index (κ1) is 20.4. The lowest BCUT2D eigenvalue weighted by Gasteiger charge is -2.10. The molecule has 0 unspecified atom stereocenters. The lowest BCUT2D eigenvalue weighted by atomic mass is 10.1. The number of hydrogen-bond donors (Lipinski definition) is 0. The Morgan fingerprint density at radius 1 is 1.00 bits per heavy atom. The minimum absolute atomic E-state index is 0.375. The monoisotopic (exact) mass is 429 g/mol. The first-order chi connectivity index (χ1) is 15.7. The Bertz CT molecular complexity index is 1230. The molecule has 7 nitrogen and oxygen atoms in total. The van der Waals surface area contributed by atoms with E-state index < -0.39 is 12.3 Å². The maximum absolute atomic E-state index is 11.9. The molecular weight excluding hydrogens is 406 g/mol. The van der Waals surface area contributed by atoms with Crippen molar-refractivity contribution in [2.75, 3.05) is 13.2 Å². The van der Waals surface area contributed by atoms with Gasteiger partial charge in [0.2, 0.25) is 5.88 Å². The van der Waals surface area contributed by atoms with E-state index in [1.807, 2.05) is 59.1 Å². The number of hydrogen-bond acceptors (Lipinski definition) is 6. The van der Waals surface area contributed by atoms with Crippen molar-refractivity contribution in [2.45, 2.75) is 26.1 Å². The summed E-state index contributed by atoms with van der Waals surface area (Å²) in [6.45, 7) is 2.47. The minimum Gasteiger partial charge on any atom is -0.407 e. The fourth-order valence-corrected chi connectivity index (χ4v) is 3.85. The predicted octanol–water partition coefficient (Wildman–Crippen LogP) is 3.83. The highest BCUT2D eigenvalue weighted by atomic mass is 16.7. The van der Waals surface area contributed by atoms with Crippen LogP contribution in [0.1, 0.15) is 23.9 Å². The van der Waals surface area contributed by atoms with Crippen LogP contribution in [0, 0.1) is 0 Å². The summed E-state index contributed by atoms with van der Waals surface area (Å²) >= 11 is 0. The van der Waals surface area contributed by atoms with E-state index in [-0.39, 0.29) is 0 Å². The molecular formula is C25H23N3O4. The number of nitrogens with zero attached hydrogens (tertiary/aromatic N) is 3. The number of imidazole rings is 1. The quantitative estimate of drug-likeness (QED) is 0.434. The van der Waals surface area contributed by atoms with E-state index in [9.17, 15) is 4.79 Å². The van der Waals surface area contributed by atoms with Crippen molar-refractivity contribution < 1.29 is 19.0 Å². The van der Waals surface area contributed by atoms with E-state index in [1.54, 1.807) is 0 Å². The molecule has 4 aromatic rings. The van der Waals surface area contributed by atoms with Gasteiger partial charge in [0.25, 0.3) is 0 Å². The van der Waals surface area contributed by atoms with Crippen LogP contribution in [0.2, 0.25) is 0 Å². The number of benzene rings is 2. The zero-order valence-electron chi connectivity index (χ0n) is 17.7. The van der Waals surface area contributed by atoms with Crippen LogP contribution < -0.4 is 4.74 Å². The molecule has 7 heteroatoms. The normalized spacial score (nSPS) is 14.2. The van der Waals surface area contributed by atoms with Gasteiger partial charge in [-0.3, -0.25) is 9.20 Å². The predicted molar refractivity (Wildman–Crippen MR) is 118 cm³/mol. The second-order valence-electron chi connectivity index (χ2n) is 7.63. The summed E-state index contributed by atoms with van der Waals surface area (Å²) in [6, 6.07) is 20.0. The van der Waals surface area contributed by atoms with Gasteiger partial charge in [-0.2, -0.15) is 0 Å². The molecule has 1 aliphatic rings. The number of carbonyl (C=O) groups is 1. The van der Waals surface area contributed by atoms with Crippen molar-refractivity contribution in [2.24, 2.45) is 0 Å². The lowest BCUT2D eigenvalue weighted by molar-refractivity contribution is -0.132. The van der Waals surface area contributed by atoms with Gasteiger partial charge >= 0.3 is 5.97 Å². The molecule has 0 spiro atoms. The molecule has 2 aromatic carbocycles. The molecule has 3 heterocycles. The molecule has 2 aromatic heterocycles. The summed E-state index contributed by atoms with van der Waals surface area (Å²) in [7, 11) is 0. The zero-order valence-corrected chi connectivity index (χ0v) is 17.7. The van der Waals surface area contributed by atoms with Crippen molar-refractivity contribution in [1.82, 2.24) is 14.4 Å². The van der Waals surface area contributed by atoms with E-state index in [1.165, 1.54) is 6.92 Å². The minimum atomic E-state index is -0.413. The maximum atomic E-state index is 11.9. The van der Waals surface area contributed by atoms with Gasteiger partial charge in [-0.25, -0.2) is 9.97 Å². The SMILES string of the molecule is CC(=O)Oc1c(CC2OCCO2)nc2c(Cc3ccccc3)nc(-c3ccccc3)cn12. The van der Waals surface area contributed by atoms with Crippen LogP contribution in [0.15, 0.2) is 66.9 Å². The van der Waals surface area contributed by atoms with Crippen LogP contribution in [-0.4, -0.2) is 39.8 Å².